The Morgan fingerprint density at radius 1 is 1.00 bits per heavy atom. The van der Waals surface area contributed by atoms with Crippen molar-refractivity contribution in [1.82, 2.24) is 19.6 Å². The van der Waals surface area contributed by atoms with E-state index in [0.717, 1.165) is 28.1 Å². The van der Waals surface area contributed by atoms with Crippen molar-refractivity contribution in [1.29, 1.82) is 0 Å². The molecule has 0 radical (unpaired) electrons. The Bertz CT molecular complexity index is 921. The summed E-state index contributed by atoms with van der Waals surface area (Å²) in [6.45, 7) is 0. The Labute approximate surface area is 127 Å². The van der Waals surface area contributed by atoms with Crippen LogP contribution < -0.4 is 5.32 Å². The van der Waals surface area contributed by atoms with Crippen LogP contribution in [-0.2, 0) is 7.05 Å². The van der Waals surface area contributed by atoms with E-state index in [4.69, 9.17) is 0 Å². The Hall–Kier alpha value is -3.08. The van der Waals surface area contributed by atoms with Gasteiger partial charge in [0.25, 0.3) is 0 Å². The highest BCUT2D eigenvalue weighted by Crippen LogP contribution is 2.25. The van der Waals surface area contributed by atoms with Crippen molar-refractivity contribution < 1.29 is 0 Å². The van der Waals surface area contributed by atoms with Gasteiger partial charge < -0.3 is 5.32 Å². The summed E-state index contributed by atoms with van der Waals surface area (Å²) in [6, 6.07) is 18.2. The number of benzene rings is 2. The normalized spacial score (nSPS) is 11.0. The number of rotatable bonds is 3. The van der Waals surface area contributed by atoms with Crippen LogP contribution in [0.5, 0.6) is 0 Å². The summed E-state index contributed by atoms with van der Waals surface area (Å²) in [7, 11) is 1.95. The van der Waals surface area contributed by atoms with Crippen LogP contribution in [0.2, 0.25) is 0 Å². The van der Waals surface area contributed by atoms with Gasteiger partial charge in [0.15, 0.2) is 5.82 Å². The number of anilines is 2. The zero-order chi connectivity index (χ0) is 14.9. The maximum absolute atomic E-state index is 4.56. The molecule has 5 heteroatoms. The van der Waals surface area contributed by atoms with Crippen molar-refractivity contribution >= 4 is 22.4 Å². The predicted molar refractivity (Wildman–Crippen MR) is 87.6 cm³/mol. The van der Waals surface area contributed by atoms with E-state index >= 15 is 0 Å². The van der Waals surface area contributed by atoms with Gasteiger partial charge in [-0.25, -0.2) is 4.68 Å². The lowest BCUT2D eigenvalue weighted by Crippen LogP contribution is -1.97. The third-order valence-electron chi connectivity index (χ3n) is 3.64. The molecule has 0 aliphatic rings. The van der Waals surface area contributed by atoms with E-state index in [-0.39, 0.29) is 0 Å². The first-order valence-corrected chi connectivity index (χ1v) is 7.10. The van der Waals surface area contributed by atoms with Crippen LogP contribution in [0.25, 0.3) is 16.6 Å². The second-order valence-corrected chi connectivity index (χ2v) is 5.12. The molecule has 0 atom stereocenters. The molecule has 0 unspecified atom stereocenters. The summed E-state index contributed by atoms with van der Waals surface area (Å²) in [5, 5.41) is 13.3. The highest BCUT2D eigenvalue weighted by atomic mass is 15.3. The molecular formula is C17H15N5. The van der Waals surface area contributed by atoms with Crippen molar-refractivity contribution in [3.63, 3.8) is 0 Å². The fraction of sp³-hybridized carbons (Fsp3) is 0.0588. The van der Waals surface area contributed by atoms with E-state index in [1.54, 1.807) is 6.20 Å². The third kappa shape index (κ3) is 2.13. The molecule has 0 fully saturated rings. The maximum Gasteiger partial charge on any atom is 0.160 e. The molecule has 4 rings (SSSR count). The van der Waals surface area contributed by atoms with Gasteiger partial charge in [-0.2, -0.15) is 10.2 Å². The largest absolute Gasteiger partial charge is 0.338 e. The van der Waals surface area contributed by atoms with Crippen LogP contribution in [0.3, 0.4) is 0 Å². The fourth-order valence-electron chi connectivity index (χ4n) is 2.59. The average molecular weight is 289 g/mol. The Balaban J connectivity index is 1.72. The van der Waals surface area contributed by atoms with Crippen LogP contribution in [0.4, 0.5) is 11.5 Å². The van der Waals surface area contributed by atoms with Gasteiger partial charge in [-0.05, 0) is 36.4 Å². The zero-order valence-corrected chi connectivity index (χ0v) is 12.1. The second kappa shape index (κ2) is 5.04. The number of para-hydroxylation sites is 1. The Morgan fingerprint density at radius 2 is 1.91 bits per heavy atom. The Morgan fingerprint density at radius 3 is 2.77 bits per heavy atom. The zero-order valence-electron chi connectivity index (χ0n) is 12.1. The Kier molecular flexibility index (Phi) is 2.89. The van der Waals surface area contributed by atoms with E-state index in [2.05, 4.69) is 33.7 Å². The van der Waals surface area contributed by atoms with Crippen molar-refractivity contribution in [2.75, 3.05) is 5.32 Å². The molecule has 5 nitrogen and oxygen atoms in total. The summed E-state index contributed by atoms with van der Waals surface area (Å²) >= 11 is 0. The van der Waals surface area contributed by atoms with E-state index in [1.165, 1.54) is 0 Å². The highest BCUT2D eigenvalue weighted by molar-refractivity contribution is 5.91. The molecule has 0 amide bonds. The number of hydrogen-bond acceptors (Lipinski definition) is 3. The van der Waals surface area contributed by atoms with Crippen molar-refractivity contribution in [3.8, 4) is 5.69 Å². The smallest absolute Gasteiger partial charge is 0.160 e. The third-order valence-corrected chi connectivity index (χ3v) is 3.64. The summed E-state index contributed by atoms with van der Waals surface area (Å²) in [6.07, 6.45) is 3.70. The van der Waals surface area contributed by atoms with Gasteiger partial charge >= 0.3 is 0 Å². The van der Waals surface area contributed by atoms with Gasteiger partial charge in [-0.3, -0.25) is 4.68 Å². The summed E-state index contributed by atoms with van der Waals surface area (Å²) in [4.78, 5) is 0. The molecule has 4 aromatic rings. The summed E-state index contributed by atoms with van der Waals surface area (Å²) in [5.41, 5.74) is 3.10. The molecule has 0 spiro atoms. The van der Waals surface area contributed by atoms with Gasteiger partial charge in [-0.15, -0.1) is 0 Å². The number of fused-ring (bicyclic) bond motifs is 1. The van der Waals surface area contributed by atoms with Gasteiger partial charge in [-0.1, -0.05) is 18.2 Å². The fourth-order valence-corrected chi connectivity index (χ4v) is 2.59. The molecule has 22 heavy (non-hydrogen) atoms. The minimum absolute atomic E-state index is 0.857. The molecule has 0 aliphatic carbocycles. The standard InChI is InChI=1S/C17H15N5/c1-21-16-9-3-2-8-15(16)17(20-21)19-13-6-4-7-14(12-13)22-11-5-10-18-22/h2-12H,1H3,(H,19,20). The van der Waals surface area contributed by atoms with E-state index < -0.39 is 0 Å². The van der Waals surface area contributed by atoms with Crippen molar-refractivity contribution in [2.45, 2.75) is 0 Å². The van der Waals surface area contributed by atoms with Crippen LogP contribution in [0.15, 0.2) is 67.0 Å². The molecule has 2 aromatic carbocycles. The molecule has 0 saturated carbocycles. The lowest BCUT2D eigenvalue weighted by molar-refractivity contribution is 0.801. The first-order valence-electron chi connectivity index (χ1n) is 7.10. The van der Waals surface area contributed by atoms with Gasteiger partial charge in [0.05, 0.1) is 11.2 Å². The van der Waals surface area contributed by atoms with Gasteiger partial charge in [0, 0.05) is 30.5 Å². The van der Waals surface area contributed by atoms with Crippen molar-refractivity contribution in [2.24, 2.45) is 7.05 Å². The SMILES string of the molecule is Cn1nc(Nc2cccc(-n3cccn3)c2)c2ccccc21. The van der Waals surface area contributed by atoms with Crippen LogP contribution in [0.1, 0.15) is 0 Å². The monoisotopic (exact) mass is 289 g/mol. The topological polar surface area (TPSA) is 47.7 Å². The van der Waals surface area contributed by atoms with Crippen molar-refractivity contribution in [3.05, 3.63) is 67.0 Å². The number of nitrogens with zero attached hydrogens (tertiary/aromatic N) is 4. The van der Waals surface area contributed by atoms with Gasteiger partial charge in [0.1, 0.15) is 0 Å². The first kappa shape index (κ1) is 12.6. The summed E-state index contributed by atoms with van der Waals surface area (Å²) < 4.78 is 3.72. The average Bonchev–Trinajstić information content (AvgIpc) is 3.18. The number of hydrogen-bond donors (Lipinski definition) is 1. The molecule has 1 N–H and O–H groups in total. The molecule has 108 valence electrons. The number of nitrogens with one attached hydrogen (secondary N) is 1. The molecule has 0 saturated heterocycles. The van der Waals surface area contributed by atoms with E-state index in [9.17, 15) is 0 Å². The minimum Gasteiger partial charge on any atom is -0.338 e. The maximum atomic E-state index is 4.56. The van der Waals surface area contributed by atoms with Crippen LogP contribution in [-0.4, -0.2) is 19.6 Å². The predicted octanol–water partition coefficient (Wildman–Crippen LogP) is 3.50. The molecule has 2 aromatic heterocycles. The minimum atomic E-state index is 0.857. The number of aryl methyl sites for hydroxylation is 1. The van der Waals surface area contributed by atoms with Crippen LogP contribution >= 0.6 is 0 Å². The van der Waals surface area contributed by atoms with Crippen LogP contribution in [0, 0.1) is 0 Å². The highest BCUT2D eigenvalue weighted by Gasteiger charge is 2.08. The quantitative estimate of drug-likeness (QED) is 0.628. The number of aromatic nitrogens is 4. The van der Waals surface area contributed by atoms with E-state index in [0.29, 0.717) is 0 Å². The molecule has 2 heterocycles. The summed E-state index contributed by atoms with van der Waals surface area (Å²) in [5.74, 6) is 0.857. The molecular weight excluding hydrogens is 274 g/mol. The first-order chi connectivity index (χ1) is 10.8. The lowest BCUT2D eigenvalue weighted by Gasteiger charge is -2.07. The molecule has 0 bridgehead atoms. The second-order valence-electron chi connectivity index (χ2n) is 5.12. The van der Waals surface area contributed by atoms with Gasteiger partial charge in [0.2, 0.25) is 0 Å². The lowest BCUT2D eigenvalue weighted by atomic mass is 10.2. The molecule has 0 aliphatic heterocycles. The van der Waals surface area contributed by atoms with E-state index in [1.807, 2.05) is 59.0 Å².